The van der Waals surface area contributed by atoms with E-state index in [-0.39, 0.29) is 0 Å². The van der Waals surface area contributed by atoms with E-state index < -0.39 is 0 Å². The number of rotatable bonds is 3. The normalized spacial score (nSPS) is 9.00. The summed E-state index contributed by atoms with van der Waals surface area (Å²) in [5.74, 6) is 0. The zero-order valence-corrected chi connectivity index (χ0v) is 6.79. The molecule has 0 radical (unpaired) electrons. The minimum absolute atomic E-state index is 0.655. The van der Waals surface area contributed by atoms with Crippen LogP contribution in [0.4, 0.5) is 0 Å². The van der Waals surface area contributed by atoms with E-state index in [9.17, 15) is 4.79 Å². The first-order valence-electron chi connectivity index (χ1n) is 3.66. The molecular formula is C11H10O. The summed E-state index contributed by atoms with van der Waals surface area (Å²) >= 11 is 0. The van der Waals surface area contributed by atoms with Crippen molar-refractivity contribution in [3.8, 4) is 0 Å². The van der Waals surface area contributed by atoms with E-state index in [2.05, 4.69) is 13.2 Å². The molecule has 1 rings (SSSR count). The molecule has 0 aliphatic heterocycles. The van der Waals surface area contributed by atoms with E-state index in [1.165, 1.54) is 0 Å². The van der Waals surface area contributed by atoms with Gasteiger partial charge in [0.25, 0.3) is 0 Å². The molecule has 0 aliphatic carbocycles. The van der Waals surface area contributed by atoms with Crippen LogP contribution in [0.3, 0.4) is 0 Å². The topological polar surface area (TPSA) is 17.1 Å². The van der Waals surface area contributed by atoms with Crippen molar-refractivity contribution in [2.45, 2.75) is 0 Å². The molecule has 0 heterocycles. The number of carbonyl (C=O) groups is 1. The Morgan fingerprint density at radius 2 is 1.75 bits per heavy atom. The van der Waals surface area contributed by atoms with Crippen molar-refractivity contribution in [1.82, 2.24) is 0 Å². The van der Waals surface area contributed by atoms with Crippen LogP contribution in [0, 0.1) is 0 Å². The number of hydrogen-bond acceptors (Lipinski definition) is 1. The molecule has 0 unspecified atom stereocenters. The molecule has 0 aromatic heterocycles. The maximum absolute atomic E-state index is 10.6. The van der Waals surface area contributed by atoms with Gasteiger partial charge < -0.3 is 0 Å². The molecule has 0 saturated carbocycles. The summed E-state index contributed by atoms with van der Waals surface area (Å²) < 4.78 is 0. The van der Waals surface area contributed by atoms with Gasteiger partial charge in [0.05, 0.1) is 0 Å². The van der Waals surface area contributed by atoms with Gasteiger partial charge in [-0.25, -0.2) is 0 Å². The Morgan fingerprint density at radius 3 is 2.25 bits per heavy atom. The van der Waals surface area contributed by atoms with E-state index in [1.807, 2.05) is 12.1 Å². The average Bonchev–Trinajstić information content (AvgIpc) is 2.16. The molecule has 0 spiro atoms. The van der Waals surface area contributed by atoms with Crippen molar-refractivity contribution in [2.24, 2.45) is 0 Å². The van der Waals surface area contributed by atoms with Crippen LogP contribution in [-0.4, -0.2) is 6.29 Å². The van der Waals surface area contributed by atoms with Crippen LogP contribution in [0.1, 0.15) is 21.5 Å². The fourth-order valence-electron chi connectivity index (χ4n) is 1.12. The summed E-state index contributed by atoms with van der Waals surface area (Å²) in [7, 11) is 0. The van der Waals surface area contributed by atoms with Crippen LogP contribution < -0.4 is 0 Å². The van der Waals surface area contributed by atoms with E-state index in [0.717, 1.165) is 17.4 Å². The molecule has 12 heavy (non-hydrogen) atoms. The zero-order chi connectivity index (χ0) is 8.97. The predicted molar refractivity (Wildman–Crippen MR) is 52.0 cm³/mol. The summed E-state index contributed by atoms with van der Waals surface area (Å²) in [5, 5.41) is 0. The fraction of sp³-hybridized carbons (Fsp3) is 0. The molecule has 1 heteroatoms. The van der Waals surface area contributed by atoms with Gasteiger partial charge in [0.2, 0.25) is 0 Å². The van der Waals surface area contributed by atoms with Gasteiger partial charge in [-0.05, 0) is 11.1 Å². The maximum Gasteiger partial charge on any atom is 0.150 e. The van der Waals surface area contributed by atoms with E-state index >= 15 is 0 Å². The highest BCUT2D eigenvalue weighted by atomic mass is 16.1. The maximum atomic E-state index is 10.6. The minimum Gasteiger partial charge on any atom is -0.298 e. The first-order chi connectivity index (χ1) is 5.83. The number of aldehydes is 1. The SMILES string of the molecule is C=Cc1cccc(C=O)c1C=C. The van der Waals surface area contributed by atoms with Crippen LogP contribution in [0.2, 0.25) is 0 Å². The monoisotopic (exact) mass is 158 g/mol. The standard InChI is InChI=1S/C11H10O/c1-3-9-6-5-7-10(8-12)11(9)4-2/h3-8H,1-2H2. The lowest BCUT2D eigenvalue weighted by atomic mass is 10.0. The van der Waals surface area contributed by atoms with Crippen LogP contribution >= 0.6 is 0 Å². The number of hydrogen-bond donors (Lipinski definition) is 0. The van der Waals surface area contributed by atoms with E-state index in [1.54, 1.807) is 18.2 Å². The van der Waals surface area contributed by atoms with Crippen molar-refractivity contribution < 1.29 is 4.79 Å². The summed E-state index contributed by atoms with van der Waals surface area (Å²) in [6, 6.07) is 5.49. The Balaban J connectivity index is 3.40. The molecule has 60 valence electrons. The van der Waals surface area contributed by atoms with Crippen molar-refractivity contribution >= 4 is 18.4 Å². The smallest absolute Gasteiger partial charge is 0.150 e. The lowest BCUT2D eigenvalue weighted by Crippen LogP contribution is -1.88. The first kappa shape index (κ1) is 8.47. The third-order valence-electron chi connectivity index (χ3n) is 1.72. The van der Waals surface area contributed by atoms with Crippen molar-refractivity contribution in [3.05, 3.63) is 48.0 Å². The highest BCUT2D eigenvalue weighted by Gasteiger charge is 2.00. The molecule has 0 atom stereocenters. The highest BCUT2D eigenvalue weighted by molar-refractivity contribution is 5.84. The lowest BCUT2D eigenvalue weighted by Gasteiger charge is -2.02. The van der Waals surface area contributed by atoms with Crippen LogP contribution in [0.25, 0.3) is 12.2 Å². The van der Waals surface area contributed by atoms with Gasteiger partial charge in [0, 0.05) is 5.56 Å². The zero-order valence-electron chi connectivity index (χ0n) is 6.79. The Kier molecular flexibility index (Phi) is 2.59. The second kappa shape index (κ2) is 3.67. The molecule has 1 nitrogen and oxygen atoms in total. The van der Waals surface area contributed by atoms with E-state index in [4.69, 9.17) is 0 Å². The van der Waals surface area contributed by atoms with Gasteiger partial charge >= 0.3 is 0 Å². The summed E-state index contributed by atoms with van der Waals surface area (Å²) in [6.07, 6.45) is 4.20. The molecule has 1 aromatic carbocycles. The van der Waals surface area contributed by atoms with Crippen LogP contribution in [0.5, 0.6) is 0 Å². The number of carbonyl (C=O) groups excluding carboxylic acids is 1. The Morgan fingerprint density at radius 1 is 1.08 bits per heavy atom. The summed E-state index contributed by atoms with van der Waals surface area (Å²) in [6.45, 7) is 7.29. The predicted octanol–water partition coefficient (Wildman–Crippen LogP) is 2.79. The third kappa shape index (κ3) is 1.35. The third-order valence-corrected chi connectivity index (χ3v) is 1.72. The second-order valence-electron chi connectivity index (χ2n) is 2.38. The molecule has 0 N–H and O–H groups in total. The molecule has 0 amide bonds. The molecular weight excluding hydrogens is 148 g/mol. The van der Waals surface area contributed by atoms with E-state index in [0.29, 0.717) is 5.56 Å². The van der Waals surface area contributed by atoms with Crippen molar-refractivity contribution in [3.63, 3.8) is 0 Å². The molecule has 0 bridgehead atoms. The van der Waals surface area contributed by atoms with Gasteiger partial charge in [0.15, 0.2) is 6.29 Å². The van der Waals surface area contributed by atoms with Crippen LogP contribution in [-0.2, 0) is 0 Å². The summed E-state index contributed by atoms with van der Waals surface area (Å²) in [4.78, 5) is 10.6. The largest absolute Gasteiger partial charge is 0.298 e. The van der Waals surface area contributed by atoms with Crippen LogP contribution in [0.15, 0.2) is 31.4 Å². The molecule has 1 aromatic rings. The van der Waals surface area contributed by atoms with Gasteiger partial charge in [-0.15, -0.1) is 0 Å². The van der Waals surface area contributed by atoms with Gasteiger partial charge in [-0.3, -0.25) is 4.79 Å². The molecule has 0 saturated heterocycles. The Hall–Kier alpha value is -1.63. The van der Waals surface area contributed by atoms with Gasteiger partial charge in [-0.2, -0.15) is 0 Å². The van der Waals surface area contributed by atoms with Crippen molar-refractivity contribution in [2.75, 3.05) is 0 Å². The Bertz CT molecular complexity index is 298. The van der Waals surface area contributed by atoms with Gasteiger partial charge in [0.1, 0.15) is 0 Å². The molecule has 0 aliphatic rings. The first-order valence-corrected chi connectivity index (χ1v) is 3.66. The fourth-order valence-corrected chi connectivity index (χ4v) is 1.12. The molecule has 0 fully saturated rings. The number of benzene rings is 1. The van der Waals surface area contributed by atoms with Crippen molar-refractivity contribution in [1.29, 1.82) is 0 Å². The highest BCUT2D eigenvalue weighted by Crippen LogP contribution is 2.15. The summed E-state index contributed by atoms with van der Waals surface area (Å²) in [5.41, 5.74) is 2.44. The van der Waals surface area contributed by atoms with Gasteiger partial charge in [-0.1, -0.05) is 43.5 Å². The lowest BCUT2D eigenvalue weighted by molar-refractivity contribution is 0.112. The minimum atomic E-state index is 0.655. The quantitative estimate of drug-likeness (QED) is 0.618. The average molecular weight is 158 g/mol. The second-order valence-corrected chi connectivity index (χ2v) is 2.38. The Labute approximate surface area is 72.0 Å².